The molecule has 0 radical (unpaired) electrons. The van der Waals surface area contributed by atoms with Gasteiger partial charge in [-0.2, -0.15) is 0 Å². The molecule has 1 unspecified atom stereocenters. The van der Waals surface area contributed by atoms with E-state index in [1.807, 2.05) is 0 Å². The monoisotopic (exact) mass is 296 g/mol. The van der Waals surface area contributed by atoms with Gasteiger partial charge in [-0.25, -0.2) is 0 Å². The van der Waals surface area contributed by atoms with Crippen LogP contribution in [0, 0.1) is 0 Å². The van der Waals surface area contributed by atoms with Crippen molar-refractivity contribution in [2.75, 3.05) is 25.2 Å². The maximum Gasteiger partial charge on any atom is 0.161 e. The highest BCUT2D eigenvalue weighted by molar-refractivity contribution is 8.39. The van der Waals surface area contributed by atoms with Crippen molar-refractivity contribution in [2.24, 2.45) is 0 Å². The van der Waals surface area contributed by atoms with Crippen LogP contribution in [0.25, 0.3) is 0 Å². The van der Waals surface area contributed by atoms with Gasteiger partial charge in [-0.1, -0.05) is 19.3 Å². The minimum absolute atomic E-state index is 0.102. The van der Waals surface area contributed by atoms with Gasteiger partial charge in [0.1, 0.15) is 6.95 Å². The van der Waals surface area contributed by atoms with E-state index in [9.17, 15) is 25.2 Å². The summed E-state index contributed by atoms with van der Waals surface area (Å²) < 4.78 is 0. The molecular formula is C11H22O5P2. The molecule has 1 rings (SSSR count). The largest absolute Gasteiger partial charge is 0.550 e. The molecule has 0 aromatic rings. The minimum atomic E-state index is -2.36. The van der Waals surface area contributed by atoms with Crippen molar-refractivity contribution in [1.29, 1.82) is 0 Å². The maximum atomic E-state index is 10.9. The summed E-state index contributed by atoms with van der Waals surface area (Å²) in [4.78, 5) is 10.9. The van der Waals surface area contributed by atoms with Crippen LogP contribution in [0.3, 0.4) is 0 Å². The van der Waals surface area contributed by atoms with E-state index in [0.717, 1.165) is 32.1 Å². The fourth-order valence-corrected chi connectivity index (χ4v) is 11.2. The van der Waals surface area contributed by atoms with Crippen LogP contribution < -0.4 is 5.11 Å². The molecule has 1 aliphatic rings. The van der Waals surface area contributed by atoms with Crippen molar-refractivity contribution in [2.45, 2.75) is 37.8 Å². The third kappa shape index (κ3) is 3.85. The van der Waals surface area contributed by atoms with E-state index in [1.54, 1.807) is 0 Å². The summed E-state index contributed by atoms with van der Waals surface area (Å²) in [6.45, 7) is -2.36. The van der Waals surface area contributed by atoms with Gasteiger partial charge in [-0.3, -0.25) is 0 Å². The molecule has 0 heterocycles. The second-order valence-corrected chi connectivity index (χ2v) is 13.8. The molecule has 1 fully saturated rings. The molecule has 0 amide bonds. The molecule has 1 atom stereocenters. The van der Waals surface area contributed by atoms with Gasteiger partial charge in [0.05, 0.1) is 7.61 Å². The fraction of sp³-hybridized carbons (Fsp3) is 0.909. The van der Waals surface area contributed by atoms with E-state index in [1.165, 1.54) is 0 Å². The van der Waals surface area contributed by atoms with Crippen LogP contribution >= 0.6 is 14.6 Å². The average molecular weight is 296 g/mol. The van der Waals surface area contributed by atoms with Crippen LogP contribution in [0.15, 0.2) is 0 Å². The van der Waals surface area contributed by atoms with Crippen molar-refractivity contribution in [3.8, 4) is 0 Å². The van der Waals surface area contributed by atoms with E-state index < -0.39 is 20.5 Å². The number of aliphatic carboxylic acids is 1. The van der Waals surface area contributed by atoms with Crippen LogP contribution in [0.2, 0.25) is 0 Å². The highest BCUT2D eigenvalue weighted by atomic mass is 32.1. The van der Waals surface area contributed by atoms with Crippen molar-refractivity contribution < 1.29 is 25.2 Å². The lowest BCUT2D eigenvalue weighted by Gasteiger charge is -2.36. The Morgan fingerprint density at radius 2 is 1.61 bits per heavy atom. The van der Waals surface area contributed by atoms with Gasteiger partial charge in [-0.15, -0.1) is 0 Å². The van der Waals surface area contributed by atoms with Gasteiger partial charge in [0.25, 0.3) is 0 Å². The first kappa shape index (κ1) is 16.3. The smallest absolute Gasteiger partial charge is 0.161 e. The number of carbonyl (C=O) groups is 1. The van der Waals surface area contributed by atoms with Gasteiger partial charge < -0.3 is 25.2 Å². The van der Waals surface area contributed by atoms with Crippen molar-refractivity contribution in [1.82, 2.24) is 0 Å². The molecule has 0 bridgehead atoms. The Morgan fingerprint density at radius 3 is 2.00 bits per heavy atom. The van der Waals surface area contributed by atoms with Crippen LogP contribution in [-0.2, 0) is 4.79 Å². The Hall–Kier alpha value is 0.210. The Balaban J connectivity index is 2.90. The van der Waals surface area contributed by atoms with Gasteiger partial charge >= 0.3 is 0 Å². The topological polar surface area (TPSA) is 101 Å². The molecule has 7 heteroatoms. The molecule has 0 aliphatic heterocycles. The lowest BCUT2D eigenvalue weighted by Crippen LogP contribution is -2.29. The fourth-order valence-electron chi connectivity index (χ4n) is 2.51. The summed E-state index contributed by atoms with van der Waals surface area (Å²) in [5.74, 6) is -1.13. The quantitative estimate of drug-likeness (QED) is 0.588. The summed E-state index contributed by atoms with van der Waals surface area (Å²) in [7, 11) is -1.07. The number of carbonyl (C=O) groups excluding carboxylic acids is 1. The summed E-state index contributed by atoms with van der Waals surface area (Å²) in [5, 5.41) is 39.5. The van der Waals surface area contributed by atoms with E-state index in [0.29, 0.717) is 0 Å². The third-order valence-electron chi connectivity index (χ3n) is 3.62. The van der Waals surface area contributed by atoms with Gasteiger partial charge in [0.15, 0.2) is 19.0 Å². The first-order valence-corrected chi connectivity index (χ1v) is 10.9. The standard InChI is InChI=1S/C11H22O5P2/c12-7-18(8-13,9-14)17(6-11(15)16)10-4-2-1-3-5-10/h10,12-14H,1-9H2. The second kappa shape index (κ2) is 7.72. The normalized spacial score (nSPS) is 19.7. The molecule has 0 aromatic carbocycles. The average Bonchev–Trinajstić information content (AvgIpc) is 2.40. The zero-order chi connectivity index (χ0) is 13.6. The Morgan fingerprint density at radius 1 is 1.11 bits per heavy atom. The van der Waals surface area contributed by atoms with Gasteiger partial charge in [0.2, 0.25) is 0 Å². The highest BCUT2D eigenvalue weighted by Crippen LogP contribution is 2.85. The van der Waals surface area contributed by atoms with E-state index in [2.05, 4.69) is 0 Å². The van der Waals surface area contributed by atoms with Crippen LogP contribution in [0.5, 0.6) is 0 Å². The number of carboxylic acids is 1. The molecule has 18 heavy (non-hydrogen) atoms. The lowest BCUT2D eigenvalue weighted by atomic mass is 10.0. The van der Waals surface area contributed by atoms with E-state index >= 15 is 0 Å². The Labute approximate surface area is 109 Å². The number of hydrogen-bond acceptors (Lipinski definition) is 5. The lowest BCUT2D eigenvalue weighted by molar-refractivity contribution is -0.301. The molecule has 0 aromatic heterocycles. The predicted molar refractivity (Wildman–Crippen MR) is 71.8 cm³/mol. The van der Waals surface area contributed by atoms with Gasteiger partial charge in [0, 0.05) is 17.8 Å². The van der Waals surface area contributed by atoms with Crippen LogP contribution in [0.4, 0.5) is 0 Å². The molecular weight excluding hydrogens is 274 g/mol. The first-order valence-electron chi connectivity index (χ1n) is 6.25. The zero-order valence-electron chi connectivity index (χ0n) is 10.5. The summed E-state index contributed by atoms with van der Waals surface area (Å²) >= 11 is 0. The number of aliphatic hydroxyl groups is 3. The zero-order valence-corrected chi connectivity index (χ0v) is 12.3. The predicted octanol–water partition coefficient (Wildman–Crippen LogP) is 0.333. The Bertz CT molecular complexity index is 256. The third-order valence-corrected chi connectivity index (χ3v) is 14.0. The number of carboxylic acid groups (broad SMARTS) is 1. The maximum absolute atomic E-state index is 10.9. The summed E-state index contributed by atoms with van der Waals surface area (Å²) in [5.41, 5.74) is 0.242. The molecule has 3 N–H and O–H groups in total. The van der Waals surface area contributed by atoms with Crippen molar-refractivity contribution in [3.63, 3.8) is 0 Å². The van der Waals surface area contributed by atoms with Crippen molar-refractivity contribution in [3.05, 3.63) is 0 Å². The number of rotatable bonds is 7. The number of hydrogen-bond donors (Lipinski definition) is 3. The second-order valence-electron chi connectivity index (χ2n) is 4.78. The summed E-state index contributed by atoms with van der Waals surface area (Å²) in [6, 6.07) is 0. The SMILES string of the molecule is O=C([O-])CP(C1CCCCC1)[P+](CO)(CO)CO. The van der Waals surface area contributed by atoms with Gasteiger partial charge in [-0.05, 0) is 12.8 Å². The van der Waals surface area contributed by atoms with Crippen LogP contribution in [-0.4, -0.2) is 52.2 Å². The van der Waals surface area contributed by atoms with E-state index in [4.69, 9.17) is 0 Å². The number of aliphatic hydroxyl groups excluding tert-OH is 3. The van der Waals surface area contributed by atoms with E-state index in [-0.39, 0.29) is 30.9 Å². The Kier molecular flexibility index (Phi) is 6.97. The molecule has 5 nitrogen and oxygen atoms in total. The molecule has 1 aliphatic carbocycles. The molecule has 0 saturated heterocycles. The van der Waals surface area contributed by atoms with Crippen molar-refractivity contribution >= 4 is 20.5 Å². The molecule has 106 valence electrons. The first-order chi connectivity index (χ1) is 8.59. The minimum Gasteiger partial charge on any atom is -0.550 e. The highest BCUT2D eigenvalue weighted by Gasteiger charge is 2.49. The summed E-state index contributed by atoms with van der Waals surface area (Å²) in [6.07, 6.45) is 4.28. The molecule has 0 spiro atoms. The van der Waals surface area contributed by atoms with Crippen LogP contribution in [0.1, 0.15) is 32.1 Å². The molecule has 1 saturated carbocycles.